The van der Waals surface area contributed by atoms with E-state index in [1.807, 2.05) is 38.1 Å². The van der Waals surface area contributed by atoms with Crippen molar-refractivity contribution in [1.82, 2.24) is 14.5 Å². The number of aromatic nitrogens is 2. The van der Waals surface area contributed by atoms with E-state index in [4.69, 9.17) is 11.6 Å². The fraction of sp³-hybridized carbons (Fsp3) is 0.167. The van der Waals surface area contributed by atoms with Crippen LogP contribution in [0.15, 0.2) is 77.7 Å². The average molecular weight is 468 g/mol. The van der Waals surface area contributed by atoms with E-state index in [1.165, 1.54) is 6.07 Å². The lowest BCUT2D eigenvalue weighted by molar-refractivity contribution is 0.0977. The highest BCUT2D eigenvalue weighted by atomic mass is 35.5. The summed E-state index contributed by atoms with van der Waals surface area (Å²) in [6, 6.07) is 21.2. The molecule has 0 saturated heterocycles. The molecule has 4 rings (SSSR count). The van der Waals surface area contributed by atoms with Gasteiger partial charge in [-0.05, 0) is 41.3 Å². The minimum Gasteiger partial charge on any atom is -0.266 e. The number of hydrogen-bond donors (Lipinski definition) is 1. The topological polar surface area (TPSA) is 81.1 Å². The number of amides is 1. The summed E-state index contributed by atoms with van der Waals surface area (Å²) >= 11 is 5.97. The van der Waals surface area contributed by atoms with Crippen LogP contribution in [-0.2, 0) is 16.6 Å². The lowest BCUT2D eigenvalue weighted by atomic mass is 10.0. The Morgan fingerprint density at radius 3 is 2.38 bits per heavy atom. The zero-order valence-corrected chi connectivity index (χ0v) is 19.2. The fourth-order valence-electron chi connectivity index (χ4n) is 3.61. The van der Waals surface area contributed by atoms with Crippen molar-refractivity contribution in [3.63, 3.8) is 0 Å². The van der Waals surface area contributed by atoms with E-state index in [2.05, 4.69) is 9.82 Å². The molecule has 6 nitrogen and oxygen atoms in total. The molecule has 0 aliphatic carbocycles. The van der Waals surface area contributed by atoms with E-state index in [-0.39, 0.29) is 16.5 Å². The van der Waals surface area contributed by atoms with Crippen LogP contribution >= 0.6 is 11.6 Å². The Labute approximate surface area is 191 Å². The van der Waals surface area contributed by atoms with E-state index in [1.54, 1.807) is 47.1 Å². The number of nitrogens with one attached hydrogen (secondary N) is 1. The number of fused-ring (bicyclic) bond motifs is 1. The quantitative estimate of drug-likeness (QED) is 0.433. The van der Waals surface area contributed by atoms with Crippen LogP contribution in [0.5, 0.6) is 0 Å². The number of rotatable bonds is 6. The molecule has 32 heavy (non-hydrogen) atoms. The third kappa shape index (κ3) is 4.40. The number of benzene rings is 3. The van der Waals surface area contributed by atoms with E-state index in [0.717, 1.165) is 11.1 Å². The first-order chi connectivity index (χ1) is 15.3. The SMILES string of the molecule is CC(C)c1ccccc1S(=O)(=O)NC(=O)c1nn(Cc2ccc(Cl)cc2)c2ccccc12. The first-order valence-electron chi connectivity index (χ1n) is 10.1. The third-order valence-electron chi connectivity index (χ3n) is 5.18. The molecule has 1 amide bonds. The van der Waals surface area contributed by atoms with Gasteiger partial charge in [-0.15, -0.1) is 0 Å². The maximum atomic E-state index is 13.1. The number of halogens is 1. The van der Waals surface area contributed by atoms with Gasteiger partial charge in [0, 0.05) is 10.4 Å². The van der Waals surface area contributed by atoms with Gasteiger partial charge in [-0.2, -0.15) is 5.10 Å². The van der Waals surface area contributed by atoms with Crippen LogP contribution in [0, 0.1) is 0 Å². The normalized spacial score (nSPS) is 11.8. The Balaban J connectivity index is 1.69. The fourth-order valence-corrected chi connectivity index (χ4v) is 5.05. The van der Waals surface area contributed by atoms with E-state index in [9.17, 15) is 13.2 Å². The van der Waals surface area contributed by atoms with Crippen LogP contribution in [0.25, 0.3) is 10.9 Å². The first-order valence-corrected chi connectivity index (χ1v) is 12.0. The monoisotopic (exact) mass is 467 g/mol. The summed E-state index contributed by atoms with van der Waals surface area (Å²) < 4.78 is 29.9. The molecule has 0 bridgehead atoms. The van der Waals surface area contributed by atoms with E-state index >= 15 is 0 Å². The molecule has 3 aromatic carbocycles. The van der Waals surface area contributed by atoms with Gasteiger partial charge in [-0.1, -0.05) is 74.0 Å². The minimum atomic E-state index is -4.07. The number of para-hydroxylation sites is 1. The van der Waals surface area contributed by atoms with Gasteiger partial charge in [0.2, 0.25) is 0 Å². The van der Waals surface area contributed by atoms with Crippen LogP contribution in [0.2, 0.25) is 5.02 Å². The predicted molar refractivity (Wildman–Crippen MR) is 125 cm³/mol. The molecule has 4 aromatic rings. The van der Waals surface area contributed by atoms with Crippen molar-refractivity contribution in [3.05, 3.63) is 94.6 Å². The molecule has 164 valence electrons. The number of nitrogens with zero attached hydrogens (tertiary/aromatic N) is 2. The van der Waals surface area contributed by atoms with Crippen LogP contribution in [0.3, 0.4) is 0 Å². The molecule has 0 aliphatic rings. The van der Waals surface area contributed by atoms with Gasteiger partial charge >= 0.3 is 0 Å². The molecule has 1 N–H and O–H groups in total. The van der Waals surface area contributed by atoms with Crippen LogP contribution in [0.1, 0.15) is 41.4 Å². The summed E-state index contributed by atoms with van der Waals surface area (Å²) in [5.41, 5.74) is 2.38. The molecule has 0 atom stereocenters. The summed E-state index contributed by atoms with van der Waals surface area (Å²) in [6.07, 6.45) is 0. The maximum Gasteiger partial charge on any atom is 0.286 e. The van der Waals surface area contributed by atoms with Gasteiger partial charge in [0.05, 0.1) is 17.0 Å². The van der Waals surface area contributed by atoms with Crippen molar-refractivity contribution in [2.45, 2.75) is 31.2 Å². The molecule has 0 fully saturated rings. The highest BCUT2D eigenvalue weighted by Gasteiger charge is 2.25. The van der Waals surface area contributed by atoms with Crippen LogP contribution in [0.4, 0.5) is 0 Å². The van der Waals surface area contributed by atoms with Crippen LogP contribution in [-0.4, -0.2) is 24.1 Å². The van der Waals surface area contributed by atoms with Gasteiger partial charge in [-0.3, -0.25) is 9.48 Å². The summed E-state index contributed by atoms with van der Waals surface area (Å²) in [7, 11) is -4.07. The number of sulfonamides is 1. The lowest BCUT2D eigenvalue weighted by Crippen LogP contribution is -2.32. The van der Waals surface area contributed by atoms with Gasteiger partial charge in [0.15, 0.2) is 5.69 Å². The van der Waals surface area contributed by atoms with Crippen LogP contribution < -0.4 is 4.72 Å². The summed E-state index contributed by atoms with van der Waals surface area (Å²) in [5.74, 6) is -0.785. The Bertz CT molecular complexity index is 1390. The molecule has 0 aliphatic heterocycles. The standard InChI is InChI=1S/C24H22ClN3O3S/c1-16(2)19-7-4-6-10-22(19)32(30,31)27-24(29)23-20-8-3-5-9-21(20)28(26-23)15-17-11-13-18(25)14-12-17/h3-14,16H,15H2,1-2H3,(H,27,29). The first kappa shape index (κ1) is 22.0. The zero-order valence-electron chi connectivity index (χ0n) is 17.6. The molecule has 0 radical (unpaired) electrons. The average Bonchev–Trinajstić information content (AvgIpc) is 3.14. The van der Waals surface area contributed by atoms with Crippen molar-refractivity contribution in [2.75, 3.05) is 0 Å². The number of carbonyl (C=O) groups excluding carboxylic acids is 1. The summed E-state index contributed by atoms with van der Waals surface area (Å²) in [4.78, 5) is 13.1. The van der Waals surface area contributed by atoms with Crippen molar-refractivity contribution in [1.29, 1.82) is 0 Å². The van der Waals surface area contributed by atoms with Gasteiger partial charge < -0.3 is 0 Å². The Morgan fingerprint density at radius 2 is 1.66 bits per heavy atom. The smallest absolute Gasteiger partial charge is 0.266 e. The molecule has 8 heteroatoms. The minimum absolute atomic E-state index is 0.0164. The predicted octanol–water partition coefficient (Wildman–Crippen LogP) is 4.98. The Kier molecular flexibility index (Phi) is 6.04. The lowest BCUT2D eigenvalue weighted by Gasteiger charge is -2.13. The molecule has 0 unspecified atom stereocenters. The van der Waals surface area contributed by atoms with Gasteiger partial charge in [-0.25, -0.2) is 13.1 Å². The Morgan fingerprint density at radius 1 is 1.00 bits per heavy atom. The third-order valence-corrected chi connectivity index (χ3v) is 6.83. The number of hydrogen-bond acceptors (Lipinski definition) is 4. The van der Waals surface area contributed by atoms with E-state index < -0.39 is 15.9 Å². The highest BCUT2D eigenvalue weighted by Crippen LogP contribution is 2.25. The molecular formula is C24H22ClN3O3S. The molecule has 0 spiro atoms. The molecule has 0 saturated carbocycles. The zero-order chi connectivity index (χ0) is 22.9. The summed E-state index contributed by atoms with van der Waals surface area (Å²) in [5, 5.41) is 5.66. The molecule has 1 aromatic heterocycles. The highest BCUT2D eigenvalue weighted by molar-refractivity contribution is 7.90. The summed E-state index contributed by atoms with van der Waals surface area (Å²) in [6.45, 7) is 4.22. The number of carbonyl (C=O) groups is 1. The van der Waals surface area contributed by atoms with Gasteiger partial charge in [0.25, 0.3) is 15.9 Å². The Hall–Kier alpha value is -3.16. The van der Waals surface area contributed by atoms with Crippen molar-refractivity contribution >= 4 is 38.4 Å². The maximum absolute atomic E-state index is 13.1. The van der Waals surface area contributed by atoms with E-state index in [0.29, 0.717) is 22.5 Å². The largest absolute Gasteiger partial charge is 0.286 e. The molecular weight excluding hydrogens is 446 g/mol. The van der Waals surface area contributed by atoms with Gasteiger partial charge in [0.1, 0.15) is 0 Å². The second-order valence-electron chi connectivity index (χ2n) is 7.78. The van der Waals surface area contributed by atoms with Crippen molar-refractivity contribution < 1.29 is 13.2 Å². The van der Waals surface area contributed by atoms with Crippen molar-refractivity contribution in [3.8, 4) is 0 Å². The second-order valence-corrected chi connectivity index (χ2v) is 9.86. The van der Waals surface area contributed by atoms with Crippen molar-refractivity contribution in [2.24, 2.45) is 0 Å². The molecule has 1 heterocycles. The second kappa shape index (κ2) is 8.76.